The molecule has 7 heteroatoms. The van der Waals surface area contributed by atoms with Gasteiger partial charge in [0.15, 0.2) is 6.10 Å². The number of aliphatic imine (C=N–C) groups is 1. The first-order valence-electron chi connectivity index (χ1n) is 6.48. The summed E-state index contributed by atoms with van der Waals surface area (Å²) >= 11 is 0. The van der Waals surface area contributed by atoms with Crippen molar-refractivity contribution in [3.63, 3.8) is 0 Å². The van der Waals surface area contributed by atoms with E-state index in [0.29, 0.717) is 6.07 Å². The van der Waals surface area contributed by atoms with Gasteiger partial charge in [0.1, 0.15) is 11.6 Å². The highest BCUT2D eigenvalue weighted by molar-refractivity contribution is 6.02. The fourth-order valence-electron chi connectivity index (χ4n) is 2.59. The van der Waals surface area contributed by atoms with Gasteiger partial charge >= 0.3 is 6.18 Å². The fraction of sp³-hybridized carbons (Fsp3) is 0.500. The van der Waals surface area contributed by atoms with Crippen molar-refractivity contribution in [1.29, 1.82) is 0 Å². The SMILES string of the molecule is CCC1(C(O)C(F)(F)F)CCC(c2ccc(F)cc2F)=N1. The molecule has 0 fully saturated rings. The Morgan fingerprint density at radius 3 is 2.52 bits per heavy atom. The number of halogens is 5. The van der Waals surface area contributed by atoms with Crippen LogP contribution in [0.4, 0.5) is 22.0 Å². The summed E-state index contributed by atoms with van der Waals surface area (Å²) in [5.74, 6) is -1.64. The first-order valence-corrected chi connectivity index (χ1v) is 6.48. The number of hydrogen-bond donors (Lipinski definition) is 1. The molecule has 1 aliphatic rings. The molecule has 0 aliphatic carbocycles. The van der Waals surface area contributed by atoms with E-state index in [-0.39, 0.29) is 30.5 Å². The van der Waals surface area contributed by atoms with E-state index >= 15 is 0 Å². The van der Waals surface area contributed by atoms with Gasteiger partial charge in [0.2, 0.25) is 0 Å². The third-order valence-corrected chi connectivity index (χ3v) is 3.83. The minimum Gasteiger partial charge on any atom is -0.381 e. The van der Waals surface area contributed by atoms with Crippen molar-refractivity contribution in [1.82, 2.24) is 0 Å². The normalized spacial score (nSPS) is 24.0. The minimum absolute atomic E-state index is 0.0268. The molecule has 21 heavy (non-hydrogen) atoms. The van der Waals surface area contributed by atoms with E-state index in [0.717, 1.165) is 12.1 Å². The summed E-state index contributed by atoms with van der Waals surface area (Å²) in [6.45, 7) is 1.49. The summed E-state index contributed by atoms with van der Waals surface area (Å²) in [7, 11) is 0. The van der Waals surface area contributed by atoms with Crippen molar-refractivity contribution in [2.75, 3.05) is 0 Å². The van der Waals surface area contributed by atoms with E-state index < -0.39 is 29.5 Å². The Morgan fingerprint density at radius 1 is 1.33 bits per heavy atom. The molecule has 1 heterocycles. The highest BCUT2D eigenvalue weighted by atomic mass is 19.4. The van der Waals surface area contributed by atoms with Gasteiger partial charge in [-0.3, -0.25) is 4.99 Å². The van der Waals surface area contributed by atoms with Crippen LogP contribution >= 0.6 is 0 Å². The van der Waals surface area contributed by atoms with Crippen LogP contribution in [0.5, 0.6) is 0 Å². The van der Waals surface area contributed by atoms with Gasteiger partial charge in [-0.05, 0) is 31.4 Å². The minimum atomic E-state index is -4.80. The third kappa shape index (κ3) is 2.92. The lowest BCUT2D eigenvalue weighted by Gasteiger charge is -2.31. The lowest BCUT2D eigenvalue weighted by molar-refractivity contribution is -0.223. The van der Waals surface area contributed by atoms with Crippen LogP contribution in [0.2, 0.25) is 0 Å². The first kappa shape index (κ1) is 15.9. The van der Waals surface area contributed by atoms with Gasteiger partial charge < -0.3 is 5.11 Å². The van der Waals surface area contributed by atoms with Crippen LogP contribution < -0.4 is 0 Å². The van der Waals surface area contributed by atoms with E-state index in [1.165, 1.54) is 6.92 Å². The van der Waals surface area contributed by atoms with Crippen LogP contribution in [0.15, 0.2) is 23.2 Å². The summed E-state index contributed by atoms with van der Waals surface area (Å²) in [5.41, 5.74) is -1.60. The number of rotatable bonds is 3. The Morgan fingerprint density at radius 2 is 2.00 bits per heavy atom. The van der Waals surface area contributed by atoms with Crippen molar-refractivity contribution in [2.24, 2.45) is 4.99 Å². The summed E-state index contributed by atoms with van der Waals surface area (Å²) in [6, 6.07) is 2.83. The second-order valence-electron chi connectivity index (χ2n) is 5.08. The Labute approximate surface area is 118 Å². The summed E-state index contributed by atoms with van der Waals surface area (Å²) in [5, 5.41) is 9.53. The quantitative estimate of drug-likeness (QED) is 0.850. The van der Waals surface area contributed by atoms with Gasteiger partial charge in [-0.2, -0.15) is 13.2 Å². The number of alkyl halides is 3. The second kappa shape index (κ2) is 5.36. The lowest BCUT2D eigenvalue weighted by atomic mass is 9.87. The van der Waals surface area contributed by atoms with Crippen molar-refractivity contribution < 1.29 is 27.1 Å². The lowest BCUT2D eigenvalue weighted by Crippen LogP contribution is -2.48. The van der Waals surface area contributed by atoms with Gasteiger partial charge in [-0.15, -0.1) is 0 Å². The summed E-state index contributed by atoms with van der Waals surface area (Å²) < 4.78 is 64.8. The molecule has 1 aromatic carbocycles. The zero-order chi connectivity index (χ0) is 15.8. The molecule has 2 unspecified atom stereocenters. The molecule has 1 aromatic rings. The maximum absolute atomic E-state index is 13.7. The molecule has 0 radical (unpaired) electrons. The molecular weight excluding hydrogens is 293 g/mol. The van der Waals surface area contributed by atoms with Crippen molar-refractivity contribution in [3.8, 4) is 0 Å². The van der Waals surface area contributed by atoms with Crippen LogP contribution in [0.1, 0.15) is 31.7 Å². The Kier molecular flexibility index (Phi) is 4.06. The van der Waals surface area contributed by atoms with Crippen molar-refractivity contribution in [3.05, 3.63) is 35.4 Å². The molecule has 0 saturated carbocycles. The molecule has 0 saturated heterocycles. The molecular formula is C14H14F5NO. The van der Waals surface area contributed by atoms with E-state index in [4.69, 9.17) is 0 Å². The summed E-state index contributed by atoms with van der Waals surface area (Å²) in [6.07, 6.45) is -7.35. The maximum Gasteiger partial charge on any atom is 0.416 e. The highest BCUT2D eigenvalue weighted by Gasteiger charge is 2.53. The number of aliphatic hydroxyl groups excluding tert-OH is 1. The van der Waals surface area contributed by atoms with Crippen molar-refractivity contribution in [2.45, 2.75) is 44.0 Å². The summed E-state index contributed by atoms with van der Waals surface area (Å²) in [4.78, 5) is 3.95. The van der Waals surface area contributed by atoms with Gasteiger partial charge in [0.05, 0.1) is 5.54 Å². The van der Waals surface area contributed by atoms with Crippen LogP contribution in [-0.4, -0.2) is 28.6 Å². The number of benzene rings is 1. The number of nitrogens with zero attached hydrogens (tertiary/aromatic N) is 1. The average Bonchev–Trinajstić information content (AvgIpc) is 2.82. The largest absolute Gasteiger partial charge is 0.416 e. The molecule has 2 nitrogen and oxygen atoms in total. The Hall–Kier alpha value is -1.50. The average molecular weight is 307 g/mol. The van der Waals surface area contributed by atoms with Crippen LogP contribution in [0, 0.1) is 11.6 Å². The second-order valence-corrected chi connectivity index (χ2v) is 5.08. The van der Waals surface area contributed by atoms with Gasteiger partial charge in [-0.25, -0.2) is 8.78 Å². The van der Waals surface area contributed by atoms with Crippen LogP contribution in [0.25, 0.3) is 0 Å². The van der Waals surface area contributed by atoms with Crippen molar-refractivity contribution >= 4 is 5.71 Å². The smallest absolute Gasteiger partial charge is 0.381 e. The molecule has 0 aromatic heterocycles. The monoisotopic (exact) mass is 307 g/mol. The molecule has 1 aliphatic heterocycles. The van der Waals surface area contributed by atoms with Gasteiger partial charge in [-0.1, -0.05) is 6.92 Å². The molecule has 1 N–H and O–H groups in total. The Balaban J connectivity index is 2.40. The number of aliphatic hydroxyl groups is 1. The van der Waals surface area contributed by atoms with E-state index in [1.807, 2.05) is 0 Å². The maximum atomic E-state index is 13.7. The zero-order valence-electron chi connectivity index (χ0n) is 11.2. The van der Waals surface area contributed by atoms with E-state index in [1.54, 1.807) is 0 Å². The zero-order valence-corrected chi connectivity index (χ0v) is 11.2. The predicted octanol–water partition coefficient (Wildman–Crippen LogP) is 3.62. The molecule has 116 valence electrons. The first-order chi connectivity index (χ1) is 9.69. The van der Waals surface area contributed by atoms with Crippen LogP contribution in [-0.2, 0) is 0 Å². The predicted molar refractivity (Wildman–Crippen MR) is 67.2 cm³/mol. The molecule has 0 amide bonds. The van der Waals surface area contributed by atoms with Gasteiger partial charge in [0.25, 0.3) is 0 Å². The van der Waals surface area contributed by atoms with Crippen LogP contribution in [0.3, 0.4) is 0 Å². The molecule has 0 bridgehead atoms. The molecule has 2 atom stereocenters. The molecule has 0 spiro atoms. The van der Waals surface area contributed by atoms with E-state index in [9.17, 15) is 27.1 Å². The fourth-order valence-corrected chi connectivity index (χ4v) is 2.59. The van der Waals surface area contributed by atoms with Gasteiger partial charge in [0, 0.05) is 17.3 Å². The number of hydrogen-bond acceptors (Lipinski definition) is 2. The third-order valence-electron chi connectivity index (χ3n) is 3.83. The highest BCUT2D eigenvalue weighted by Crippen LogP contribution is 2.40. The standard InChI is InChI=1S/C14H14F5NO/c1-2-13(12(21)14(17,18)19)6-5-11(20-13)9-4-3-8(15)7-10(9)16/h3-4,7,12,21H,2,5-6H2,1H3. The topological polar surface area (TPSA) is 32.6 Å². The van der Waals surface area contributed by atoms with E-state index in [2.05, 4.69) is 4.99 Å². The Bertz CT molecular complexity index is 569. The molecule has 2 rings (SSSR count).